The minimum atomic E-state index is -1.01. The number of benzene rings is 1. The van der Waals surface area contributed by atoms with Gasteiger partial charge in [-0.05, 0) is 36.6 Å². The zero-order valence-electron chi connectivity index (χ0n) is 8.13. The zero-order chi connectivity index (χ0) is 11.6. The van der Waals surface area contributed by atoms with Crippen LogP contribution in [-0.4, -0.2) is 17.1 Å². The summed E-state index contributed by atoms with van der Waals surface area (Å²) < 4.78 is 0.825. The molecule has 0 radical (unpaired) electrons. The summed E-state index contributed by atoms with van der Waals surface area (Å²) in [5, 5.41) is 9.31. The molecule has 0 aromatic heterocycles. The Labute approximate surface area is 101 Å². The van der Waals surface area contributed by atoms with Crippen molar-refractivity contribution in [3.8, 4) is 0 Å². The number of carbonyl (C=O) groups is 1. The van der Waals surface area contributed by atoms with Crippen molar-refractivity contribution in [1.29, 1.82) is 0 Å². The number of aliphatic carboxylic acids is 1. The molecule has 3 N–H and O–H groups in total. The topological polar surface area (TPSA) is 63.3 Å². The third-order valence-corrected chi connectivity index (χ3v) is 3.02. The van der Waals surface area contributed by atoms with Crippen LogP contribution in [0.25, 0.3) is 0 Å². The maximum absolute atomic E-state index is 10.6. The Balaban J connectivity index is 2.99. The molecular formula is C10H11BrClNO2. The molecule has 1 aromatic rings. The molecule has 3 nitrogen and oxygen atoms in total. The highest BCUT2D eigenvalue weighted by Gasteiger charge is 2.14. The van der Waals surface area contributed by atoms with Gasteiger partial charge in [-0.1, -0.05) is 27.5 Å². The van der Waals surface area contributed by atoms with Crippen LogP contribution in [0.2, 0.25) is 5.02 Å². The van der Waals surface area contributed by atoms with Crippen LogP contribution in [0.1, 0.15) is 11.1 Å². The Bertz CT molecular complexity index is 395. The summed E-state index contributed by atoms with van der Waals surface area (Å²) in [6, 6.07) is 2.71. The molecule has 15 heavy (non-hydrogen) atoms. The first-order valence-corrected chi connectivity index (χ1v) is 5.52. The average molecular weight is 293 g/mol. The van der Waals surface area contributed by atoms with Crippen molar-refractivity contribution in [2.24, 2.45) is 5.73 Å². The van der Waals surface area contributed by atoms with Gasteiger partial charge in [-0.25, -0.2) is 0 Å². The van der Waals surface area contributed by atoms with Crippen LogP contribution in [0.15, 0.2) is 16.6 Å². The fraction of sp³-hybridized carbons (Fsp3) is 0.300. The molecule has 0 aliphatic carbocycles. The molecule has 1 aromatic carbocycles. The zero-order valence-corrected chi connectivity index (χ0v) is 10.5. The lowest BCUT2D eigenvalue weighted by Gasteiger charge is -2.11. The highest BCUT2D eigenvalue weighted by atomic mass is 79.9. The monoisotopic (exact) mass is 291 g/mol. The highest BCUT2D eigenvalue weighted by molar-refractivity contribution is 9.10. The number of hydrogen-bond donors (Lipinski definition) is 2. The number of hydrogen-bond acceptors (Lipinski definition) is 2. The van der Waals surface area contributed by atoms with E-state index in [2.05, 4.69) is 15.9 Å². The van der Waals surface area contributed by atoms with Gasteiger partial charge in [0.15, 0.2) is 0 Å². The molecule has 1 rings (SSSR count). The number of carboxylic acid groups (broad SMARTS) is 1. The van der Waals surface area contributed by atoms with E-state index in [1.165, 1.54) is 0 Å². The first-order valence-electron chi connectivity index (χ1n) is 4.34. The van der Waals surface area contributed by atoms with Gasteiger partial charge in [0.25, 0.3) is 0 Å². The van der Waals surface area contributed by atoms with Gasteiger partial charge in [0.05, 0.1) is 0 Å². The third kappa shape index (κ3) is 3.19. The lowest BCUT2D eigenvalue weighted by molar-refractivity contribution is -0.138. The van der Waals surface area contributed by atoms with Crippen LogP contribution in [-0.2, 0) is 11.2 Å². The molecule has 5 heteroatoms. The number of rotatable bonds is 3. The lowest BCUT2D eigenvalue weighted by Crippen LogP contribution is -2.32. The minimum absolute atomic E-state index is 0.278. The van der Waals surface area contributed by atoms with E-state index < -0.39 is 12.0 Å². The second kappa shape index (κ2) is 4.96. The second-order valence-electron chi connectivity index (χ2n) is 3.32. The number of nitrogens with two attached hydrogens (primary N) is 1. The van der Waals surface area contributed by atoms with Crippen LogP contribution in [0.4, 0.5) is 0 Å². The Morgan fingerprint density at radius 3 is 2.80 bits per heavy atom. The Hall–Kier alpha value is -0.580. The minimum Gasteiger partial charge on any atom is -0.480 e. The first kappa shape index (κ1) is 12.5. The summed E-state index contributed by atoms with van der Waals surface area (Å²) in [6.45, 7) is 1.85. The van der Waals surface area contributed by atoms with Gasteiger partial charge >= 0.3 is 5.97 Å². The van der Waals surface area contributed by atoms with Gasteiger partial charge in [-0.2, -0.15) is 0 Å². The van der Waals surface area contributed by atoms with Crippen molar-refractivity contribution in [3.05, 3.63) is 32.8 Å². The third-order valence-electron chi connectivity index (χ3n) is 2.17. The lowest BCUT2D eigenvalue weighted by atomic mass is 10.0. The van der Waals surface area contributed by atoms with Crippen molar-refractivity contribution in [2.75, 3.05) is 0 Å². The van der Waals surface area contributed by atoms with Crippen LogP contribution in [0.5, 0.6) is 0 Å². The van der Waals surface area contributed by atoms with Crippen molar-refractivity contribution in [1.82, 2.24) is 0 Å². The summed E-state index contributed by atoms with van der Waals surface area (Å²) in [4.78, 5) is 10.6. The number of carboxylic acids is 1. The fourth-order valence-electron chi connectivity index (χ4n) is 1.24. The summed E-state index contributed by atoms with van der Waals surface area (Å²) >= 11 is 9.27. The average Bonchev–Trinajstić information content (AvgIpc) is 2.13. The number of halogens is 2. The van der Waals surface area contributed by atoms with Crippen LogP contribution in [0, 0.1) is 6.92 Å². The normalized spacial score (nSPS) is 12.5. The molecule has 0 spiro atoms. The molecule has 0 saturated carbocycles. The predicted octanol–water partition coefficient (Wildman–Crippen LogP) is 2.37. The summed E-state index contributed by atoms with van der Waals surface area (Å²) in [5.41, 5.74) is 7.18. The molecule has 0 aliphatic rings. The highest BCUT2D eigenvalue weighted by Crippen LogP contribution is 2.25. The van der Waals surface area contributed by atoms with Gasteiger partial charge in [0.1, 0.15) is 6.04 Å². The van der Waals surface area contributed by atoms with Crippen molar-refractivity contribution in [2.45, 2.75) is 19.4 Å². The molecule has 0 bridgehead atoms. The smallest absolute Gasteiger partial charge is 0.320 e. The maximum Gasteiger partial charge on any atom is 0.320 e. The van der Waals surface area contributed by atoms with Crippen LogP contribution >= 0.6 is 27.5 Å². The van der Waals surface area contributed by atoms with E-state index in [1.54, 1.807) is 6.07 Å². The fourth-order valence-corrected chi connectivity index (χ4v) is 2.11. The van der Waals surface area contributed by atoms with Crippen molar-refractivity contribution >= 4 is 33.5 Å². The molecule has 0 amide bonds. The second-order valence-corrected chi connectivity index (χ2v) is 4.64. The molecule has 1 unspecified atom stereocenters. The van der Waals surface area contributed by atoms with Gasteiger partial charge in [0.2, 0.25) is 0 Å². The van der Waals surface area contributed by atoms with E-state index >= 15 is 0 Å². The SMILES string of the molecule is Cc1c(Cl)cc(Br)cc1CC(N)C(=O)O. The van der Waals surface area contributed by atoms with E-state index in [-0.39, 0.29) is 6.42 Å². The van der Waals surface area contributed by atoms with E-state index in [0.29, 0.717) is 5.02 Å². The van der Waals surface area contributed by atoms with Gasteiger partial charge in [-0.3, -0.25) is 4.79 Å². The Morgan fingerprint density at radius 1 is 1.67 bits per heavy atom. The molecule has 0 fully saturated rings. The Kier molecular flexibility index (Phi) is 4.13. The van der Waals surface area contributed by atoms with Gasteiger partial charge < -0.3 is 10.8 Å². The molecule has 82 valence electrons. The molecule has 0 saturated heterocycles. The molecule has 0 aliphatic heterocycles. The van der Waals surface area contributed by atoms with Gasteiger partial charge in [0, 0.05) is 9.50 Å². The summed E-state index contributed by atoms with van der Waals surface area (Å²) in [5.74, 6) is -1.01. The summed E-state index contributed by atoms with van der Waals surface area (Å²) in [6.07, 6.45) is 0.278. The van der Waals surface area contributed by atoms with E-state index in [0.717, 1.165) is 15.6 Å². The van der Waals surface area contributed by atoms with Crippen molar-refractivity contribution in [3.63, 3.8) is 0 Å². The quantitative estimate of drug-likeness (QED) is 0.899. The molecule has 1 atom stereocenters. The van der Waals surface area contributed by atoms with Crippen molar-refractivity contribution < 1.29 is 9.90 Å². The van der Waals surface area contributed by atoms with E-state index in [1.807, 2.05) is 13.0 Å². The van der Waals surface area contributed by atoms with E-state index in [4.69, 9.17) is 22.4 Å². The first-order chi connectivity index (χ1) is 6.91. The molecular weight excluding hydrogens is 281 g/mol. The summed E-state index contributed by atoms with van der Waals surface area (Å²) in [7, 11) is 0. The largest absolute Gasteiger partial charge is 0.480 e. The molecule has 0 heterocycles. The van der Waals surface area contributed by atoms with Crippen LogP contribution in [0.3, 0.4) is 0 Å². The van der Waals surface area contributed by atoms with E-state index in [9.17, 15) is 4.79 Å². The predicted molar refractivity (Wildman–Crippen MR) is 63.2 cm³/mol. The maximum atomic E-state index is 10.6. The Morgan fingerprint density at radius 2 is 2.27 bits per heavy atom. The van der Waals surface area contributed by atoms with Gasteiger partial charge in [-0.15, -0.1) is 0 Å². The van der Waals surface area contributed by atoms with Crippen LogP contribution < -0.4 is 5.73 Å². The standard InChI is InChI=1S/C10H11BrClNO2/c1-5-6(3-9(13)10(14)15)2-7(11)4-8(5)12/h2,4,9H,3,13H2,1H3,(H,14,15).